The maximum Gasteiger partial charge on any atom is 0.256 e. The highest BCUT2D eigenvalue weighted by molar-refractivity contribution is 6.01. The van der Waals surface area contributed by atoms with Gasteiger partial charge in [-0.15, -0.1) is 0 Å². The Hall–Kier alpha value is -3.17. The van der Waals surface area contributed by atoms with E-state index in [1.165, 1.54) is 24.2 Å². The lowest BCUT2D eigenvalue weighted by molar-refractivity contribution is 0.0947. The third-order valence-corrected chi connectivity index (χ3v) is 3.80. The maximum absolute atomic E-state index is 13.7. The highest BCUT2D eigenvalue weighted by Gasteiger charge is 2.22. The molecule has 0 spiro atoms. The van der Waals surface area contributed by atoms with Crippen LogP contribution in [-0.4, -0.2) is 27.8 Å². The molecule has 2 heterocycles. The van der Waals surface area contributed by atoms with Crippen molar-refractivity contribution in [3.8, 4) is 5.75 Å². The molecule has 0 saturated carbocycles. The molecule has 2 aromatic heterocycles. The molecular formula is C16H12F4N4O2. The second-order valence-electron chi connectivity index (χ2n) is 5.34. The van der Waals surface area contributed by atoms with Crippen LogP contribution in [0.4, 0.5) is 17.6 Å². The number of rotatable bonds is 4. The molecule has 0 aliphatic heterocycles. The molecule has 0 radical (unpaired) electrons. The highest BCUT2D eigenvalue weighted by Crippen LogP contribution is 2.27. The van der Waals surface area contributed by atoms with Gasteiger partial charge in [0.1, 0.15) is 17.1 Å². The van der Waals surface area contributed by atoms with E-state index in [2.05, 4.69) is 15.4 Å². The lowest BCUT2D eigenvalue weighted by Gasteiger charge is -2.11. The molecule has 0 aliphatic carbocycles. The molecule has 0 bridgehead atoms. The van der Waals surface area contributed by atoms with E-state index in [4.69, 9.17) is 4.74 Å². The van der Waals surface area contributed by atoms with Crippen LogP contribution in [0.1, 0.15) is 15.9 Å². The topological polar surface area (TPSA) is 69.0 Å². The lowest BCUT2D eigenvalue weighted by Crippen LogP contribution is -2.25. The standard InChI is InChI=1S/C16H12F4N4O2/c1-24-15-8(6-23-24)14(26-2)9(5-21-15)16(25)22-4-7-10(17)3-11(18)13(20)12(7)19/h3,5-6H,4H2,1-2H3,(H,22,25). The molecule has 1 amide bonds. The number of nitrogens with zero attached hydrogens (tertiary/aromatic N) is 3. The Labute approximate surface area is 144 Å². The number of ether oxygens (including phenoxy) is 1. The third-order valence-electron chi connectivity index (χ3n) is 3.80. The van der Waals surface area contributed by atoms with E-state index < -0.39 is 41.3 Å². The predicted octanol–water partition coefficient (Wildman–Crippen LogP) is 2.46. The van der Waals surface area contributed by atoms with Gasteiger partial charge in [-0.25, -0.2) is 22.5 Å². The summed E-state index contributed by atoms with van der Waals surface area (Å²) < 4.78 is 60.2. The predicted molar refractivity (Wildman–Crippen MR) is 82.5 cm³/mol. The van der Waals surface area contributed by atoms with Crippen molar-refractivity contribution >= 4 is 16.9 Å². The van der Waals surface area contributed by atoms with Crippen molar-refractivity contribution in [2.45, 2.75) is 6.54 Å². The quantitative estimate of drug-likeness (QED) is 0.436. The van der Waals surface area contributed by atoms with Gasteiger partial charge in [0.05, 0.1) is 18.7 Å². The number of nitrogens with one attached hydrogen (secondary N) is 1. The largest absolute Gasteiger partial charge is 0.495 e. The van der Waals surface area contributed by atoms with Crippen molar-refractivity contribution in [1.29, 1.82) is 0 Å². The summed E-state index contributed by atoms with van der Waals surface area (Å²) in [5, 5.41) is 6.71. The summed E-state index contributed by atoms with van der Waals surface area (Å²) in [6.45, 7) is -0.693. The molecule has 0 atom stereocenters. The van der Waals surface area contributed by atoms with Crippen LogP contribution >= 0.6 is 0 Å². The Morgan fingerprint density at radius 3 is 2.62 bits per heavy atom. The first kappa shape index (κ1) is 17.6. The molecule has 1 aromatic carbocycles. The molecule has 0 unspecified atom stereocenters. The van der Waals surface area contributed by atoms with Gasteiger partial charge in [-0.1, -0.05) is 0 Å². The number of fused-ring (bicyclic) bond motifs is 1. The Morgan fingerprint density at radius 2 is 1.92 bits per heavy atom. The number of benzene rings is 1. The summed E-state index contributed by atoms with van der Waals surface area (Å²) >= 11 is 0. The van der Waals surface area contributed by atoms with Gasteiger partial charge < -0.3 is 10.1 Å². The summed E-state index contributed by atoms with van der Waals surface area (Å²) in [5.74, 6) is -7.06. The average Bonchev–Trinajstić information content (AvgIpc) is 3.00. The molecule has 3 aromatic rings. The van der Waals surface area contributed by atoms with Crippen LogP contribution in [0.3, 0.4) is 0 Å². The molecule has 26 heavy (non-hydrogen) atoms. The number of methoxy groups -OCH3 is 1. The van der Waals surface area contributed by atoms with E-state index >= 15 is 0 Å². The SMILES string of the molecule is COc1c(C(=O)NCc2c(F)cc(F)c(F)c2F)cnc2c1cnn2C. The van der Waals surface area contributed by atoms with Crippen molar-refractivity contribution in [3.63, 3.8) is 0 Å². The Kier molecular flexibility index (Phi) is 4.49. The number of hydrogen-bond donors (Lipinski definition) is 1. The van der Waals surface area contributed by atoms with Gasteiger partial charge in [0.25, 0.3) is 5.91 Å². The van der Waals surface area contributed by atoms with Crippen LogP contribution in [0.25, 0.3) is 11.0 Å². The lowest BCUT2D eigenvalue weighted by atomic mass is 10.1. The molecule has 6 nitrogen and oxygen atoms in total. The fourth-order valence-corrected chi connectivity index (χ4v) is 2.49. The Balaban J connectivity index is 1.90. The highest BCUT2D eigenvalue weighted by atomic mass is 19.2. The van der Waals surface area contributed by atoms with Gasteiger partial charge in [-0.3, -0.25) is 9.48 Å². The summed E-state index contributed by atoms with van der Waals surface area (Å²) in [5.41, 5.74) is -0.334. The zero-order valence-corrected chi connectivity index (χ0v) is 13.6. The van der Waals surface area contributed by atoms with E-state index in [1.54, 1.807) is 7.05 Å². The second kappa shape index (κ2) is 6.62. The van der Waals surface area contributed by atoms with Crippen molar-refractivity contribution in [2.75, 3.05) is 7.11 Å². The van der Waals surface area contributed by atoms with E-state index in [0.29, 0.717) is 11.0 Å². The second-order valence-corrected chi connectivity index (χ2v) is 5.34. The van der Waals surface area contributed by atoms with Gasteiger partial charge in [0.15, 0.2) is 23.1 Å². The van der Waals surface area contributed by atoms with Crippen LogP contribution in [0, 0.1) is 23.3 Å². The number of halogens is 4. The van der Waals surface area contributed by atoms with E-state index in [1.807, 2.05) is 0 Å². The molecule has 0 saturated heterocycles. The number of carbonyl (C=O) groups is 1. The van der Waals surface area contributed by atoms with Gasteiger partial charge in [-0.2, -0.15) is 5.10 Å². The minimum Gasteiger partial charge on any atom is -0.495 e. The zero-order chi connectivity index (χ0) is 19.0. The van der Waals surface area contributed by atoms with Crippen molar-refractivity contribution in [1.82, 2.24) is 20.1 Å². The van der Waals surface area contributed by atoms with Gasteiger partial charge in [-0.05, 0) is 0 Å². The summed E-state index contributed by atoms with van der Waals surface area (Å²) in [6, 6.07) is 0.212. The third kappa shape index (κ3) is 2.83. The summed E-state index contributed by atoms with van der Waals surface area (Å²) in [6.07, 6.45) is 2.67. The summed E-state index contributed by atoms with van der Waals surface area (Å²) in [4.78, 5) is 16.4. The van der Waals surface area contributed by atoms with E-state index in [0.717, 1.165) is 0 Å². The van der Waals surface area contributed by atoms with E-state index in [-0.39, 0.29) is 17.4 Å². The maximum atomic E-state index is 13.7. The van der Waals surface area contributed by atoms with Crippen LogP contribution in [0.15, 0.2) is 18.5 Å². The van der Waals surface area contributed by atoms with Crippen LogP contribution < -0.4 is 10.1 Å². The smallest absolute Gasteiger partial charge is 0.256 e. The number of pyridine rings is 1. The number of amides is 1. The van der Waals surface area contributed by atoms with Gasteiger partial charge in [0.2, 0.25) is 0 Å². The first-order valence-corrected chi connectivity index (χ1v) is 7.30. The van der Waals surface area contributed by atoms with Crippen molar-refractivity contribution < 1.29 is 27.1 Å². The normalized spacial score (nSPS) is 11.0. The molecule has 0 aliphatic rings. The monoisotopic (exact) mass is 368 g/mol. The minimum absolute atomic E-state index is 0.00333. The molecule has 3 rings (SSSR count). The fraction of sp³-hybridized carbons (Fsp3) is 0.188. The molecular weight excluding hydrogens is 356 g/mol. The zero-order valence-electron chi connectivity index (χ0n) is 13.6. The molecule has 136 valence electrons. The molecule has 0 fully saturated rings. The van der Waals surface area contributed by atoms with Crippen molar-refractivity contribution in [2.24, 2.45) is 7.05 Å². The van der Waals surface area contributed by atoms with Crippen LogP contribution in [0.2, 0.25) is 0 Å². The molecule has 1 N–H and O–H groups in total. The first-order valence-electron chi connectivity index (χ1n) is 7.30. The van der Waals surface area contributed by atoms with Crippen LogP contribution in [-0.2, 0) is 13.6 Å². The van der Waals surface area contributed by atoms with Gasteiger partial charge in [0, 0.05) is 31.4 Å². The van der Waals surface area contributed by atoms with Gasteiger partial charge >= 0.3 is 0 Å². The Morgan fingerprint density at radius 1 is 1.19 bits per heavy atom. The fourth-order valence-electron chi connectivity index (χ4n) is 2.49. The van der Waals surface area contributed by atoms with E-state index in [9.17, 15) is 22.4 Å². The summed E-state index contributed by atoms with van der Waals surface area (Å²) in [7, 11) is 3.00. The molecule has 10 heteroatoms. The number of aromatic nitrogens is 3. The number of carbonyl (C=O) groups excluding carboxylic acids is 1. The number of aryl methyl sites for hydroxylation is 1. The minimum atomic E-state index is -1.81. The van der Waals surface area contributed by atoms with Crippen LogP contribution in [0.5, 0.6) is 5.75 Å². The van der Waals surface area contributed by atoms with Crippen molar-refractivity contribution in [3.05, 3.63) is 52.9 Å². The first-order chi connectivity index (χ1) is 12.3. The Bertz CT molecular complexity index is 1020. The number of hydrogen-bond acceptors (Lipinski definition) is 4. The average molecular weight is 368 g/mol.